The Kier molecular flexibility index (Phi) is 6.53. The second kappa shape index (κ2) is 9.87. The smallest absolute Gasteiger partial charge is 0.123 e. The number of fused-ring (bicyclic) bond motifs is 2. The fourth-order valence-electron chi connectivity index (χ4n) is 5.88. The highest BCUT2D eigenvalue weighted by Crippen LogP contribution is 2.48. The summed E-state index contributed by atoms with van der Waals surface area (Å²) < 4.78 is 18.1. The molecular formula is C33H34FN3S. The summed E-state index contributed by atoms with van der Waals surface area (Å²) in [6.07, 6.45) is 7.35. The van der Waals surface area contributed by atoms with E-state index < -0.39 is 0 Å². The zero-order valence-electron chi connectivity index (χ0n) is 22.3. The van der Waals surface area contributed by atoms with Crippen molar-refractivity contribution < 1.29 is 4.39 Å². The Hall–Kier alpha value is -3.15. The van der Waals surface area contributed by atoms with Gasteiger partial charge in [0, 0.05) is 23.4 Å². The lowest BCUT2D eigenvalue weighted by Crippen LogP contribution is -2.45. The molecule has 3 aromatic carbocycles. The van der Waals surface area contributed by atoms with E-state index in [2.05, 4.69) is 85.7 Å². The Morgan fingerprint density at radius 2 is 1.68 bits per heavy atom. The fraction of sp³-hybridized carbons (Fsp3) is 0.303. The van der Waals surface area contributed by atoms with Crippen molar-refractivity contribution in [2.75, 3.05) is 13.1 Å². The molecule has 0 amide bonds. The average Bonchev–Trinajstić information content (AvgIpc) is 3.30. The molecule has 2 heterocycles. The monoisotopic (exact) mass is 523 g/mol. The molecule has 1 aliphatic heterocycles. The third-order valence-electron chi connectivity index (χ3n) is 7.93. The highest BCUT2D eigenvalue weighted by Gasteiger charge is 2.43. The molecule has 194 valence electrons. The Morgan fingerprint density at radius 1 is 0.947 bits per heavy atom. The van der Waals surface area contributed by atoms with Crippen molar-refractivity contribution in [2.24, 2.45) is 5.41 Å². The molecule has 2 aliphatic rings. The third-order valence-corrected chi connectivity index (χ3v) is 8.98. The van der Waals surface area contributed by atoms with Gasteiger partial charge in [0.05, 0.1) is 17.6 Å². The Labute approximate surface area is 229 Å². The largest absolute Gasteiger partial charge is 0.245 e. The molecule has 1 aliphatic carbocycles. The van der Waals surface area contributed by atoms with Crippen molar-refractivity contribution in [3.63, 3.8) is 0 Å². The molecule has 1 atom stereocenters. The van der Waals surface area contributed by atoms with Gasteiger partial charge in [-0.1, -0.05) is 68.8 Å². The van der Waals surface area contributed by atoms with Crippen LogP contribution in [0.5, 0.6) is 0 Å². The first-order valence-electron chi connectivity index (χ1n) is 13.4. The molecule has 0 saturated carbocycles. The van der Waals surface area contributed by atoms with Crippen LogP contribution in [-0.4, -0.2) is 27.2 Å². The van der Waals surface area contributed by atoms with Gasteiger partial charge in [0.2, 0.25) is 0 Å². The SMILES string of the molecule is CC(C)(C)c1ccc(SN2CCC3=Cc4c(cnn4-c4ccc(F)cc4)CC3(Cc3ccccc3)C2)cc1. The summed E-state index contributed by atoms with van der Waals surface area (Å²) in [5.74, 6) is -0.229. The van der Waals surface area contributed by atoms with Gasteiger partial charge in [-0.05, 0) is 95.8 Å². The van der Waals surface area contributed by atoms with E-state index in [4.69, 9.17) is 5.10 Å². The molecule has 6 rings (SSSR count). The lowest BCUT2D eigenvalue weighted by molar-refractivity contribution is 0.221. The molecule has 38 heavy (non-hydrogen) atoms. The number of hydrogen-bond acceptors (Lipinski definition) is 3. The summed E-state index contributed by atoms with van der Waals surface area (Å²) in [4.78, 5) is 1.29. The number of rotatable bonds is 5. The lowest BCUT2D eigenvalue weighted by atomic mass is 9.66. The van der Waals surface area contributed by atoms with E-state index in [0.717, 1.165) is 43.7 Å². The quantitative estimate of drug-likeness (QED) is 0.248. The molecule has 0 radical (unpaired) electrons. The fourth-order valence-corrected chi connectivity index (χ4v) is 6.93. The number of benzene rings is 3. The van der Waals surface area contributed by atoms with Crippen LogP contribution in [-0.2, 0) is 18.3 Å². The summed E-state index contributed by atoms with van der Waals surface area (Å²) in [5.41, 5.74) is 7.69. The highest BCUT2D eigenvalue weighted by molar-refractivity contribution is 7.97. The highest BCUT2D eigenvalue weighted by atomic mass is 32.2. The predicted molar refractivity (Wildman–Crippen MR) is 155 cm³/mol. The van der Waals surface area contributed by atoms with Crippen molar-refractivity contribution in [3.8, 4) is 5.69 Å². The zero-order chi connectivity index (χ0) is 26.3. The van der Waals surface area contributed by atoms with Gasteiger partial charge in [-0.3, -0.25) is 0 Å². The molecule has 0 N–H and O–H groups in total. The van der Waals surface area contributed by atoms with Gasteiger partial charge in [-0.2, -0.15) is 5.10 Å². The number of piperidine rings is 1. The molecule has 1 saturated heterocycles. The summed E-state index contributed by atoms with van der Waals surface area (Å²) in [7, 11) is 0. The molecule has 1 aromatic heterocycles. The first kappa shape index (κ1) is 25.1. The van der Waals surface area contributed by atoms with Gasteiger partial charge < -0.3 is 0 Å². The van der Waals surface area contributed by atoms with Crippen molar-refractivity contribution in [2.45, 2.75) is 50.3 Å². The molecule has 4 aromatic rings. The minimum atomic E-state index is -0.229. The molecule has 3 nitrogen and oxygen atoms in total. The zero-order valence-corrected chi connectivity index (χ0v) is 23.1. The van der Waals surface area contributed by atoms with Gasteiger partial charge in [-0.25, -0.2) is 13.4 Å². The van der Waals surface area contributed by atoms with E-state index >= 15 is 0 Å². The van der Waals surface area contributed by atoms with Crippen LogP contribution in [0.2, 0.25) is 0 Å². The van der Waals surface area contributed by atoms with E-state index in [1.54, 1.807) is 12.1 Å². The van der Waals surface area contributed by atoms with Crippen molar-refractivity contribution in [1.29, 1.82) is 0 Å². The number of hydrogen-bond donors (Lipinski definition) is 0. The molecule has 5 heteroatoms. The van der Waals surface area contributed by atoms with E-state index in [0.29, 0.717) is 0 Å². The molecule has 0 bridgehead atoms. The van der Waals surface area contributed by atoms with Crippen LogP contribution in [0.25, 0.3) is 11.8 Å². The van der Waals surface area contributed by atoms with Crippen LogP contribution in [0, 0.1) is 11.2 Å². The van der Waals surface area contributed by atoms with Crippen LogP contribution in [0.1, 0.15) is 49.6 Å². The standard InChI is InChI=1S/C33H34FN3S/c1-32(2,3)26-9-15-30(16-10-26)38-36-18-17-27-19-31-25(22-35-37(31)29-13-11-28(34)12-14-29)21-33(27,23-36)20-24-7-5-4-6-8-24/h4-16,19,22H,17-18,20-21,23H2,1-3H3. The average molecular weight is 524 g/mol. The van der Waals surface area contributed by atoms with Crippen LogP contribution in [0.4, 0.5) is 4.39 Å². The van der Waals surface area contributed by atoms with Gasteiger partial charge in [0.1, 0.15) is 5.82 Å². The number of nitrogens with zero attached hydrogens (tertiary/aromatic N) is 3. The number of halogens is 1. The minimum absolute atomic E-state index is 0.0155. The maximum absolute atomic E-state index is 13.6. The van der Waals surface area contributed by atoms with Crippen molar-refractivity contribution in [3.05, 3.63) is 119 Å². The predicted octanol–water partition coefficient (Wildman–Crippen LogP) is 7.89. The van der Waals surface area contributed by atoms with Crippen LogP contribution in [0.3, 0.4) is 0 Å². The van der Waals surface area contributed by atoms with E-state index in [1.807, 2.05) is 22.8 Å². The first-order chi connectivity index (χ1) is 18.3. The van der Waals surface area contributed by atoms with Crippen LogP contribution in [0.15, 0.2) is 95.5 Å². The Bertz CT molecular complexity index is 1450. The maximum Gasteiger partial charge on any atom is 0.123 e. The summed E-state index contributed by atoms with van der Waals surface area (Å²) >= 11 is 1.88. The topological polar surface area (TPSA) is 21.1 Å². The van der Waals surface area contributed by atoms with Crippen molar-refractivity contribution in [1.82, 2.24) is 14.1 Å². The van der Waals surface area contributed by atoms with Gasteiger partial charge in [-0.15, -0.1) is 0 Å². The van der Waals surface area contributed by atoms with Crippen LogP contribution >= 0.6 is 11.9 Å². The normalized spacial score (nSPS) is 19.5. The summed E-state index contributed by atoms with van der Waals surface area (Å²) in [6.45, 7) is 8.78. The molecule has 1 unspecified atom stereocenters. The van der Waals surface area contributed by atoms with E-state index in [-0.39, 0.29) is 16.6 Å². The third kappa shape index (κ3) is 4.97. The van der Waals surface area contributed by atoms with Crippen LogP contribution < -0.4 is 0 Å². The number of aromatic nitrogens is 2. The van der Waals surface area contributed by atoms with Gasteiger partial charge >= 0.3 is 0 Å². The van der Waals surface area contributed by atoms with Gasteiger partial charge in [0.15, 0.2) is 0 Å². The molecular weight excluding hydrogens is 489 g/mol. The van der Waals surface area contributed by atoms with E-state index in [1.165, 1.54) is 39.3 Å². The summed E-state index contributed by atoms with van der Waals surface area (Å²) in [5, 5.41) is 4.74. The van der Waals surface area contributed by atoms with Gasteiger partial charge in [0.25, 0.3) is 0 Å². The summed E-state index contributed by atoms with van der Waals surface area (Å²) in [6, 6.07) is 26.6. The Balaban J connectivity index is 1.31. The second-order valence-corrected chi connectivity index (χ2v) is 12.9. The lowest BCUT2D eigenvalue weighted by Gasteiger charge is -2.46. The van der Waals surface area contributed by atoms with Crippen molar-refractivity contribution >= 4 is 18.0 Å². The molecule has 1 fully saturated rings. The minimum Gasteiger partial charge on any atom is -0.245 e. The second-order valence-electron chi connectivity index (χ2n) is 11.7. The Morgan fingerprint density at radius 3 is 2.39 bits per heavy atom. The molecule has 0 spiro atoms. The first-order valence-corrected chi connectivity index (χ1v) is 14.2. The van der Waals surface area contributed by atoms with E-state index in [9.17, 15) is 4.39 Å². The maximum atomic E-state index is 13.6.